The number of nitrogens with one attached hydrogen (secondary N) is 1. The molecule has 0 bridgehead atoms. The van der Waals surface area contributed by atoms with Gasteiger partial charge in [-0.2, -0.15) is 0 Å². The zero-order valence-electron chi connectivity index (χ0n) is 10.9. The summed E-state index contributed by atoms with van der Waals surface area (Å²) in [5, 5.41) is 40.9. The lowest BCUT2D eigenvalue weighted by atomic mass is 9.97. The number of benzene rings is 1. The van der Waals surface area contributed by atoms with E-state index >= 15 is 0 Å². The summed E-state index contributed by atoms with van der Waals surface area (Å²) in [5.74, 6) is -0.507. The lowest BCUT2D eigenvalue weighted by molar-refractivity contribution is -0.252. The first kappa shape index (κ1) is 16.6. The lowest BCUT2D eigenvalue weighted by Gasteiger charge is -2.40. The molecule has 1 heterocycles. The molecular weight excluding hydrogens is 393 g/mol. The second-order valence-electron chi connectivity index (χ2n) is 4.73. The molecule has 2 rings (SSSR count). The molecule has 1 aliphatic heterocycles. The average Bonchev–Trinajstić information content (AvgIpc) is 2.47. The molecule has 1 fully saturated rings. The molecule has 1 amide bonds. The standard InChI is InChI=1S/C13H16INO6/c14-7-3-1-6(2-4-7)12(19)15-9-11(18)10(17)8(5-16)21-13(9)20/h1-4,8-11,13,16-18,20H,5H2,(H,15,19)/t8-,9-,10-,11-,13?/m1/s1. The Morgan fingerprint density at radius 1 is 1.19 bits per heavy atom. The molecule has 0 spiro atoms. The third kappa shape index (κ3) is 3.71. The van der Waals surface area contributed by atoms with Crippen molar-refractivity contribution in [1.82, 2.24) is 5.32 Å². The number of amides is 1. The van der Waals surface area contributed by atoms with Crippen molar-refractivity contribution in [2.24, 2.45) is 0 Å². The van der Waals surface area contributed by atoms with Gasteiger partial charge >= 0.3 is 0 Å². The molecule has 0 aliphatic carbocycles. The van der Waals surface area contributed by atoms with Crippen LogP contribution in [0.1, 0.15) is 10.4 Å². The zero-order chi connectivity index (χ0) is 15.6. The van der Waals surface area contributed by atoms with E-state index in [2.05, 4.69) is 27.9 Å². The minimum absolute atomic E-state index is 0.355. The molecule has 1 aromatic rings. The van der Waals surface area contributed by atoms with Crippen LogP contribution in [0, 0.1) is 3.57 Å². The lowest BCUT2D eigenvalue weighted by Crippen LogP contribution is -2.64. The van der Waals surface area contributed by atoms with Crippen LogP contribution >= 0.6 is 22.6 Å². The van der Waals surface area contributed by atoms with Crippen molar-refractivity contribution in [2.45, 2.75) is 30.6 Å². The number of carbonyl (C=O) groups excluding carboxylic acids is 1. The SMILES string of the molecule is O=C(N[C@H]1C(O)O[C@H](CO)[C@@H](O)[C@@H]1O)c1ccc(I)cc1. The molecule has 1 saturated heterocycles. The van der Waals surface area contributed by atoms with Crippen LogP contribution in [0.15, 0.2) is 24.3 Å². The van der Waals surface area contributed by atoms with Gasteiger partial charge in [-0.15, -0.1) is 0 Å². The first-order valence-corrected chi connectivity index (χ1v) is 7.39. The van der Waals surface area contributed by atoms with Gasteiger partial charge in [0, 0.05) is 9.13 Å². The van der Waals surface area contributed by atoms with Gasteiger partial charge < -0.3 is 30.5 Å². The summed E-state index contributed by atoms with van der Waals surface area (Å²) in [5.41, 5.74) is 0.355. The Hall–Kier alpha value is -0.780. The highest BCUT2D eigenvalue weighted by Gasteiger charge is 2.44. The Labute approximate surface area is 134 Å². The largest absolute Gasteiger partial charge is 0.394 e. The number of aliphatic hydroxyl groups excluding tert-OH is 4. The van der Waals surface area contributed by atoms with Crippen LogP contribution < -0.4 is 5.32 Å². The Bertz CT molecular complexity index is 496. The first-order valence-electron chi connectivity index (χ1n) is 6.31. The predicted octanol–water partition coefficient (Wildman–Crippen LogP) is -1.18. The fraction of sp³-hybridized carbons (Fsp3) is 0.462. The highest BCUT2D eigenvalue weighted by Crippen LogP contribution is 2.20. The minimum Gasteiger partial charge on any atom is -0.394 e. The summed E-state index contributed by atoms with van der Waals surface area (Å²) in [4.78, 5) is 12.1. The molecule has 0 radical (unpaired) electrons. The van der Waals surface area contributed by atoms with Gasteiger partial charge in [0.1, 0.15) is 24.4 Å². The summed E-state index contributed by atoms with van der Waals surface area (Å²) >= 11 is 2.10. The van der Waals surface area contributed by atoms with E-state index in [1.54, 1.807) is 24.3 Å². The molecule has 7 nitrogen and oxygen atoms in total. The maximum atomic E-state index is 12.1. The predicted molar refractivity (Wildman–Crippen MR) is 80.4 cm³/mol. The van der Waals surface area contributed by atoms with Gasteiger partial charge in [0.05, 0.1) is 6.61 Å². The summed E-state index contributed by atoms with van der Waals surface area (Å²) in [6, 6.07) is 5.51. The van der Waals surface area contributed by atoms with E-state index in [4.69, 9.17) is 9.84 Å². The molecule has 116 valence electrons. The Balaban J connectivity index is 2.07. The summed E-state index contributed by atoms with van der Waals surface area (Å²) < 4.78 is 5.93. The number of carbonyl (C=O) groups is 1. The fourth-order valence-corrected chi connectivity index (χ4v) is 2.45. The van der Waals surface area contributed by atoms with Crippen molar-refractivity contribution in [3.8, 4) is 0 Å². The second-order valence-corrected chi connectivity index (χ2v) is 5.98. The van der Waals surface area contributed by atoms with Gasteiger partial charge in [-0.3, -0.25) is 4.79 Å². The van der Waals surface area contributed by atoms with Gasteiger partial charge in [-0.1, -0.05) is 0 Å². The number of ether oxygens (including phenoxy) is 1. The summed E-state index contributed by atoms with van der Waals surface area (Å²) in [6.45, 7) is -0.549. The number of halogens is 1. The average molecular weight is 409 g/mol. The van der Waals surface area contributed by atoms with Crippen LogP contribution in [0.4, 0.5) is 0 Å². The molecule has 21 heavy (non-hydrogen) atoms. The maximum Gasteiger partial charge on any atom is 0.251 e. The maximum absolute atomic E-state index is 12.1. The van der Waals surface area contributed by atoms with E-state index in [0.717, 1.165) is 3.57 Å². The van der Waals surface area contributed by atoms with Gasteiger partial charge in [0.2, 0.25) is 0 Å². The Morgan fingerprint density at radius 3 is 2.38 bits per heavy atom. The van der Waals surface area contributed by atoms with Crippen LogP contribution in [0.5, 0.6) is 0 Å². The summed E-state index contributed by atoms with van der Waals surface area (Å²) in [6.07, 6.45) is -5.46. The molecular formula is C13H16INO6. The summed E-state index contributed by atoms with van der Waals surface area (Å²) in [7, 11) is 0. The van der Waals surface area contributed by atoms with E-state index < -0.39 is 43.2 Å². The number of aliphatic hydroxyl groups is 4. The molecule has 1 unspecified atom stereocenters. The zero-order valence-corrected chi connectivity index (χ0v) is 13.0. The molecule has 5 N–H and O–H groups in total. The normalized spacial score (nSPS) is 32.7. The highest BCUT2D eigenvalue weighted by molar-refractivity contribution is 14.1. The topological polar surface area (TPSA) is 119 Å². The Kier molecular flexibility index (Phi) is 5.52. The van der Waals surface area contributed by atoms with E-state index in [1.165, 1.54) is 0 Å². The molecule has 8 heteroatoms. The van der Waals surface area contributed by atoms with Crippen LogP contribution in [-0.2, 0) is 4.74 Å². The third-order valence-corrected chi connectivity index (χ3v) is 4.02. The van der Waals surface area contributed by atoms with Crippen molar-refractivity contribution in [2.75, 3.05) is 6.61 Å². The highest BCUT2D eigenvalue weighted by atomic mass is 127. The van der Waals surface area contributed by atoms with E-state index in [9.17, 15) is 20.1 Å². The smallest absolute Gasteiger partial charge is 0.251 e. The van der Waals surface area contributed by atoms with E-state index in [-0.39, 0.29) is 0 Å². The van der Waals surface area contributed by atoms with Crippen LogP contribution in [0.2, 0.25) is 0 Å². The fourth-order valence-electron chi connectivity index (χ4n) is 2.09. The molecule has 0 aromatic heterocycles. The second kappa shape index (κ2) is 6.99. The van der Waals surface area contributed by atoms with Crippen molar-refractivity contribution in [1.29, 1.82) is 0 Å². The molecule has 0 saturated carbocycles. The number of rotatable bonds is 3. The molecule has 1 aliphatic rings. The van der Waals surface area contributed by atoms with Crippen LogP contribution in [-0.4, -0.2) is 63.6 Å². The van der Waals surface area contributed by atoms with Gasteiger partial charge in [0.15, 0.2) is 6.29 Å². The molecule has 5 atom stereocenters. The van der Waals surface area contributed by atoms with Crippen molar-refractivity contribution in [3.05, 3.63) is 33.4 Å². The first-order chi connectivity index (χ1) is 9.93. The van der Waals surface area contributed by atoms with Crippen molar-refractivity contribution < 1.29 is 30.0 Å². The minimum atomic E-state index is -1.52. The number of hydrogen-bond donors (Lipinski definition) is 5. The van der Waals surface area contributed by atoms with Crippen LogP contribution in [0.25, 0.3) is 0 Å². The van der Waals surface area contributed by atoms with E-state index in [0.29, 0.717) is 5.56 Å². The monoisotopic (exact) mass is 409 g/mol. The van der Waals surface area contributed by atoms with Crippen LogP contribution in [0.3, 0.4) is 0 Å². The van der Waals surface area contributed by atoms with Gasteiger partial charge in [-0.25, -0.2) is 0 Å². The van der Waals surface area contributed by atoms with E-state index in [1.807, 2.05) is 0 Å². The van der Waals surface area contributed by atoms with Gasteiger partial charge in [-0.05, 0) is 46.9 Å². The van der Waals surface area contributed by atoms with Crippen molar-refractivity contribution >= 4 is 28.5 Å². The third-order valence-electron chi connectivity index (χ3n) is 3.30. The molecule has 1 aromatic carbocycles. The van der Waals surface area contributed by atoms with Gasteiger partial charge in [0.25, 0.3) is 5.91 Å². The number of hydrogen-bond acceptors (Lipinski definition) is 6. The Morgan fingerprint density at radius 2 is 1.81 bits per heavy atom. The van der Waals surface area contributed by atoms with Crippen molar-refractivity contribution in [3.63, 3.8) is 0 Å². The quantitative estimate of drug-likeness (QED) is 0.401.